The van der Waals surface area contributed by atoms with Gasteiger partial charge in [0.15, 0.2) is 0 Å². The fourth-order valence-corrected chi connectivity index (χ4v) is 3.68. The van der Waals surface area contributed by atoms with Crippen LogP contribution >= 0.6 is 11.3 Å². The SMILES string of the molecule is Cc1nc2c(s1)CCn1nc3c(c1-2)C[N-]CC3.[Y]. The number of nitrogens with zero attached hydrogens (tertiary/aromatic N) is 4. The first-order valence-electron chi connectivity index (χ1n) is 6.01. The minimum absolute atomic E-state index is 0. The number of thiazole rings is 1. The molecule has 4 heterocycles. The van der Waals surface area contributed by atoms with E-state index in [0.29, 0.717) is 0 Å². The van der Waals surface area contributed by atoms with Crippen molar-refractivity contribution in [3.8, 4) is 11.4 Å². The van der Waals surface area contributed by atoms with Gasteiger partial charge in [-0.2, -0.15) is 5.10 Å². The van der Waals surface area contributed by atoms with Crippen molar-refractivity contribution >= 4 is 11.3 Å². The molecule has 0 aliphatic carbocycles. The van der Waals surface area contributed by atoms with E-state index in [1.165, 1.54) is 27.5 Å². The molecule has 0 bridgehead atoms. The van der Waals surface area contributed by atoms with Gasteiger partial charge in [-0.1, -0.05) is 0 Å². The Balaban J connectivity index is 0.000001000. The Hall–Kier alpha value is -0.0961. The molecule has 4 rings (SSSR count). The van der Waals surface area contributed by atoms with Crippen molar-refractivity contribution in [2.24, 2.45) is 0 Å². The Bertz CT molecular complexity index is 601. The quantitative estimate of drug-likeness (QED) is 0.742. The van der Waals surface area contributed by atoms with E-state index in [9.17, 15) is 0 Å². The zero-order valence-electron chi connectivity index (χ0n) is 10.3. The normalized spacial score (nSPS) is 16.5. The molecule has 0 atom stereocenters. The zero-order chi connectivity index (χ0) is 11.4. The summed E-state index contributed by atoms with van der Waals surface area (Å²) in [5.74, 6) is 0. The van der Waals surface area contributed by atoms with Crippen LogP contribution in [0.25, 0.3) is 16.7 Å². The number of hydrogen-bond donors (Lipinski definition) is 0. The van der Waals surface area contributed by atoms with Crippen LogP contribution in [0.15, 0.2) is 0 Å². The second-order valence-corrected chi connectivity index (χ2v) is 5.89. The number of aromatic nitrogens is 3. The van der Waals surface area contributed by atoms with Crippen LogP contribution in [0.1, 0.15) is 21.1 Å². The summed E-state index contributed by atoms with van der Waals surface area (Å²) in [6, 6.07) is 0. The summed E-state index contributed by atoms with van der Waals surface area (Å²) in [7, 11) is 0. The van der Waals surface area contributed by atoms with E-state index in [4.69, 9.17) is 5.10 Å². The molecule has 0 saturated carbocycles. The first kappa shape index (κ1) is 12.9. The summed E-state index contributed by atoms with van der Waals surface area (Å²) in [4.78, 5) is 6.11. The largest absolute Gasteiger partial charge is 0.658 e. The minimum atomic E-state index is 0. The summed E-state index contributed by atoms with van der Waals surface area (Å²) >= 11 is 1.83. The summed E-state index contributed by atoms with van der Waals surface area (Å²) in [6.45, 7) is 4.82. The van der Waals surface area contributed by atoms with Crippen molar-refractivity contribution in [2.45, 2.75) is 32.9 Å². The van der Waals surface area contributed by atoms with E-state index in [1.54, 1.807) is 0 Å². The first-order valence-corrected chi connectivity index (χ1v) is 6.83. The average molecular weight is 334 g/mol. The Kier molecular flexibility index (Phi) is 3.43. The van der Waals surface area contributed by atoms with Crippen LogP contribution in [0.5, 0.6) is 0 Å². The van der Waals surface area contributed by atoms with Gasteiger partial charge in [0.2, 0.25) is 0 Å². The smallest absolute Gasteiger partial charge is 0.103 e. The Labute approximate surface area is 135 Å². The maximum absolute atomic E-state index is 4.72. The molecule has 0 spiro atoms. The fourth-order valence-electron chi connectivity index (χ4n) is 2.75. The zero-order valence-corrected chi connectivity index (χ0v) is 14.0. The van der Waals surface area contributed by atoms with Crippen LogP contribution in [-0.4, -0.2) is 21.3 Å². The molecule has 2 aliphatic rings. The van der Waals surface area contributed by atoms with Gasteiger partial charge in [-0.3, -0.25) is 4.68 Å². The molecular formula is C12H13N4SY-. The summed E-state index contributed by atoms with van der Waals surface area (Å²) in [6.07, 6.45) is 2.07. The molecule has 0 N–H and O–H groups in total. The van der Waals surface area contributed by atoms with Crippen molar-refractivity contribution in [2.75, 3.05) is 6.54 Å². The van der Waals surface area contributed by atoms with Gasteiger partial charge >= 0.3 is 0 Å². The van der Waals surface area contributed by atoms with Gasteiger partial charge in [0.05, 0.1) is 16.4 Å². The van der Waals surface area contributed by atoms with Crippen molar-refractivity contribution in [1.29, 1.82) is 0 Å². The molecule has 2 aromatic rings. The first-order chi connectivity index (χ1) is 8.33. The van der Waals surface area contributed by atoms with E-state index in [0.717, 1.165) is 37.5 Å². The van der Waals surface area contributed by atoms with Gasteiger partial charge in [-0.25, -0.2) is 4.98 Å². The Morgan fingerprint density at radius 1 is 1.33 bits per heavy atom. The molecule has 0 aromatic carbocycles. The second-order valence-electron chi connectivity index (χ2n) is 4.61. The number of aryl methyl sites for hydroxylation is 3. The maximum Gasteiger partial charge on any atom is 0.103 e. The van der Waals surface area contributed by atoms with Crippen LogP contribution in [0, 0.1) is 6.92 Å². The average Bonchev–Trinajstić information content (AvgIpc) is 2.87. The predicted molar refractivity (Wildman–Crippen MR) is 67.4 cm³/mol. The monoisotopic (exact) mass is 334 g/mol. The third-order valence-corrected chi connectivity index (χ3v) is 4.52. The van der Waals surface area contributed by atoms with E-state index >= 15 is 0 Å². The number of rotatable bonds is 0. The van der Waals surface area contributed by atoms with Gasteiger partial charge in [0.25, 0.3) is 0 Å². The van der Waals surface area contributed by atoms with Gasteiger partial charge in [-0.15, -0.1) is 24.4 Å². The Morgan fingerprint density at radius 3 is 3.11 bits per heavy atom. The second kappa shape index (κ2) is 4.78. The molecule has 0 saturated heterocycles. The van der Waals surface area contributed by atoms with Crippen molar-refractivity contribution < 1.29 is 32.7 Å². The van der Waals surface area contributed by atoms with Gasteiger partial charge in [0, 0.05) is 50.6 Å². The standard InChI is InChI=1S/C12H13N4S.Y/c1-7-14-11-10(17-7)3-5-16-12(11)8-6-13-4-2-9(8)15-16;/h2-6H2,1H3;/q-1;. The van der Waals surface area contributed by atoms with Gasteiger partial charge in [0.1, 0.15) is 5.69 Å². The molecule has 0 amide bonds. The molecular weight excluding hydrogens is 321 g/mol. The number of hydrogen-bond acceptors (Lipinski definition) is 3. The third kappa shape index (κ3) is 1.83. The van der Waals surface area contributed by atoms with Crippen LogP contribution in [0.2, 0.25) is 0 Å². The van der Waals surface area contributed by atoms with Crippen molar-refractivity contribution in [1.82, 2.24) is 14.8 Å². The summed E-state index contributed by atoms with van der Waals surface area (Å²) in [5, 5.41) is 10.4. The molecule has 2 aliphatic heterocycles. The van der Waals surface area contributed by atoms with E-state index in [-0.39, 0.29) is 32.7 Å². The third-order valence-electron chi connectivity index (χ3n) is 3.49. The fraction of sp³-hybridized carbons (Fsp3) is 0.500. The van der Waals surface area contributed by atoms with Gasteiger partial charge in [-0.05, 0) is 18.9 Å². The van der Waals surface area contributed by atoms with Crippen LogP contribution in [0.3, 0.4) is 0 Å². The molecule has 1 radical (unpaired) electrons. The van der Waals surface area contributed by atoms with E-state index < -0.39 is 0 Å². The van der Waals surface area contributed by atoms with Crippen LogP contribution in [0.4, 0.5) is 0 Å². The maximum atomic E-state index is 4.72. The molecule has 18 heavy (non-hydrogen) atoms. The molecule has 0 fully saturated rings. The topological polar surface area (TPSA) is 44.8 Å². The summed E-state index contributed by atoms with van der Waals surface area (Å²) < 4.78 is 2.15. The molecule has 6 heteroatoms. The molecule has 4 nitrogen and oxygen atoms in total. The Morgan fingerprint density at radius 2 is 2.22 bits per heavy atom. The molecule has 91 valence electrons. The van der Waals surface area contributed by atoms with Gasteiger partial charge < -0.3 is 5.32 Å². The summed E-state index contributed by atoms with van der Waals surface area (Å²) in [5.41, 5.74) is 4.98. The van der Waals surface area contributed by atoms with E-state index in [2.05, 4.69) is 21.9 Å². The molecule has 0 unspecified atom stereocenters. The van der Waals surface area contributed by atoms with Crippen LogP contribution in [-0.2, 0) is 58.6 Å². The molecule has 2 aromatic heterocycles. The van der Waals surface area contributed by atoms with Crippen LogP contribution < -0.4 is 0 Å². The minimum Gasteiger partial charge on any atom is -0.658 e. The van der Waals surface area contributed by atoms with Crippen molar-refractivity contribution in [3.63, 3.8) is 0 Å². The van der Waals surface area contributed by atoms with Crippen molar-refractivity contribution in [3.05, 3.63) is 26.5 Å². The van der Waals surface area contributed by atoms with E-state index in [1.807, 2.05) is 11.3 Å². The number of fused-ring (bicyclic) bond motifs is 5. The predicted octanol–water partition coefficient (Wildman–Crippen LogP) is 2.30.